The van der Waals surface area contributed by atoms with E-state index in [0.29, 0.717) is 17.2 Å². The van der Waals surface area contributed by atoms with E-state index in [0.717, 1.165) is 11.1 Å². The molecule has 0 spiro atoms. The number of benzene rings is 1. The molecule has 3 N–H and O–H groups in total. The third-order valence-electron chi connectivity index (χ3n) is 3.13. The van der Waals surface area contributed by atoms with Crippen LogP contribution in [-0.4, -0.2) is 31.3 Å². The molecule has 21 heavy (non-hydrogen) atoms. The van der Waals surface area contributed by atoms with Gasteiger partial charge in [0.1, 0.15) is 6.33 Å². The van der Waals surface area contributed by atoms with Crippen LogP contribution in [-0.2, 0) is 0 Å². The van der Waals surface area contributed by atoms with Crippen molar-refractivity contribution in [3.05, 3.63) is 42.0 Å². The van der Waals surface area contributed by atoms with Crippen molar-refractivity contribution in [3.8, 4) is 17.2 Å². The van der Waals surface area contributed by atoms with Gasteiger partial charge in [-0.1, -0.05) is 0 Å². The summed E-state index contributed by atoms with van der Waals surface area (Å²) in [7, 11) is 4.69. The van der Waals surface area contributed by atoms with Crippen LogP contribution in [0.15, 0.2) is 30.9 Å². The molecule has 0 aliphatic heterocycles. The average Bonchev–Trinajstić information content (AvgIpc) is 2.55. The molecular weight excluding hydrogens is 272 g/mol. The summed E-state index contributed by atoms with van der Waals surface area (Å²) in [5, 5.41) is 0. The lowest BCUT2D eigenvalue weighted by atomic mass is 10.00. The Morgan fingerprint density at radius 2 is 1.67 bits per heavy atom. The third kappa shape index (κ3) is 2.88. The van der Waals surface area contributed by atoms with Crippen molar-refractivity contribution in [1.82, 2.24) is 15.4 Å². The minimum atomic E-state index is -0.332. The van der Waals surface area contributed by atoms with Gasteiger partial charge in [0.2, 0.25) is 5.75 Å². The summed E-state index contributed by atoms with van der Waals surface area (Å²) in [6.45, 7) is 0. The normalized spacial score (nSPS) is 11.8. The number of rotatable bonds is 6. The van der Waals surface area contributed by atoms with Crippen LogP contribution >= 0.6 is 0 Å². The van der Waals surface area contributed by atoms with Crippen molar-refractivity contribution in [2.45, 2.75) is 6.04 Å². The van der Waals surface area contributed by atoms with Gasteiger partial charge in [0.15, 0.2) is 11.5 Å². The van der Waals surface area contributed by atoms with Crippen molar-refractivity contribution >= 4 is 0 Å². The molecule has 112 valence electrons. The van der Waals surface area contributed by atoms with Gasteiger partial charge in [-0.2, -0.15) is 0 Å². The molecule has 7 heteroatoms. The molecule has 0 radical (unpaired) electrons. The molecule has 1 aromatic heterocycles. The van der Waals surface area contributed by atoms with E-state index < -0.39 is 0 Å². The summed E-state index contributed by atoms with van der Waals surface area (Å²) in [6, 6.07) is 3.32. The van der Waals surface area contributed by atoms with Gasteiger partial charge < -0.3 is 14.2 Å². The second kappa shape index (κ2) is 6.87. The van der Waals surface area contributed by atoms with E-state index in [1.165, 1.54) is 6.33 Å². The van der Waals surface area contributed by atoms with Crippen LogP contribution in [0, 0.1) is 0 Å². The van der Waals surface area contributed by atoms with Crippen molar-refractivity contribution in [2.75, 3.05) is 21.3 Å². The Balaban J connectivity index is 2.56. The molecule has 7 nitrogen and oxygen atoms in total. The van der Waals surface area contributed by atoms with E-state index in [4.69, 9.17) is 20.1 Å². The predicted molar refractivity (Wildman–Crippen MR) is 77.3 cm³/mol. The Bertz CT molecular complexity index is 592. The number of nitrogens with two attached hydrogens (primary N) is 1. The average molecular weight is 290 g/mol. The van der Waals surface area contributed by atoms with Crippen LogP contribution in [0.4, 0.5) is 0 Å². The summed E-state index contributed by atoms with van der Waals surface area (Å²) < 4.78 is 16.1. The molecule has 1 unspecified atom stereocenters. The van der Waals surface area contributed by atoms with Gasteiger partial charge in [-0.3, -0.25) is 5.84 Å². The maximum atomic E-state index is 5.69. The molecule has 0 saturated heterocycles. The molecule has 1 heterocycles. The zero-order valence-corrected chi connectivity index (χ0v) is 12.2. The predicted octanol–water partition coefficient (Wildman–Crippen LogP) is 1.06. The first-order valence-corrected chi connectivity index (χ1v) is 6.26. The van der Waals surface area contributed by atoms with Gasteiger partial charge in [-0.05, 0) is 12.1 Å². The lowest BCUT2D eigenvalue weighted by Crippen LogP contribution is -2.29. The van der Waals surface area contributed by atoms with Crippen LogP contribution in [0.2, 0.25) is 0 Å². The second-order valence-corrected chi connectivity index (χ2v) is 4.20. The highest BCUT2D eigenvalue weighted by Gasteiger charge is 2.23. The molecule has 0 aliphatic carbocycles. The van der Waals surface area contributed by atoms with Crippen molar-refractivity contribution in [1.29, 1.82) is 0 Å². The number of ether oxygens (including phenoxy) is 3. The zero-order valence-electron chi connectivity index (χ0n) is 12.2. The molecule has 1 aromatic carbocycles. The van der Waals surface area contributed by atoms with Crippen LogP contribution in [0.1, 0.15) is 17.2 Å². The molecular formula is C14H18N4O3. The Morgan fingerprint density at radius 3 is 2.19 bits per heavy atom. The molecule has 2 rings (SSSR count). The summed E-state index contributed by atoms with van der Waals surface area (Å²) in [5.41, 5.74) is 4.35. The van der Waals surface area contributed by atoms with Crippen LogP contribution in [0.3, 0.4) is 0 Å². The lowest BCUT2D eigenvalue weighted by Gasteiger charge is -2.21. The first-order valence-electron chi connectivity index (χ1n) is 6.26. The Morgan fingerprint density at radius 1 is 1.00 bits per heavy atom. The summed E-state index contributed by atoms with van der Waals surface area (Å²) in [4.78, 5) is 8.01. The van der Waals surface area contributed by atoms with Gasteiger partial charge in [0.05, 0.1) is 27.4 Å². The van der Waals surface area contributed by atoms with E-state index in [-0.39, 0.29) is 6.04 Å². The van der Waals surface area contributed by atoms with E-state index >= 15 is 0 Å². The fourth-order valence-corrected chi connectivity index (χ4v) is 2.18. The number of hydrazine groups is 1. The molecule has 0 amide bonds. The number of nitrogens with zero attached hydrogens (tertiary/aromatic N) is 2. The maximum Gasteiger partial charge on any atom is 0.203 e. The highest BCUT2D eigenvalue weighted by molar-refractivity contribution is 5.57. The van der Waals surface area contributed by atoms with Crippen LogP contribution < -0.4 is 25.5 Å². The fraction of sp³-hybridized carbons (Fsp3) is 0.286. The largest absolute Gasteiger partial charge is 0.493 e. The molecule has 1 atom stereocenters. The summed E-state index contributed by atoms with van der Waals surface area (Å²) >= 11 is 0. The SMILES string of the molecule is COc1ccc(C(NN)c2cncnc2)c(OC)c1OC. The van der Waals surface area contributed by atoms with Crippen molar-refractivity contribution in [2.24, 2.45) is 5.84 Å². The standard InChI is InChI=1S/C14H18N4O3/c1-19-11-5-4-10(13(20-2)14(11)21-3)12(18-15)9-6-16-8-17-7-9/h4-8,12,18H,15H2,1-3H3. The number of aromatic nitrogens is 2. The van der Waals surface area contributed by atoms with Gasteiger partial charge in [0.25, 0.3) is 0 Å². The Hall–Kier alpha value is -2.38. The molecule has 0 saturated carbocycles. The molecule has 0 fully saturated rings. The lowest BCUT2D eigenvalue weighted by molar-refractivity contribution is 0.320. The molecule has 0 bridgehead atoms. The third-order valence-corrected chi connectivity index (χ3v) is 3.13. The van der Waals surface area contributed by atoms with Gasteiger partial charge in [-0.15, -0.1) is 0 Å². The number of nitrogens with one attached hydrogen (secondary N) is 1. The van der Waals surface area contributed by atoms with Crippen LogP contribution in [0.5, 0.6) is 17.2 Å². The minimum Gasteiger partial charge on any atom is -0.493 e. The monoisotopic (exact) mass is 290 g/mol. The first kappa shape index (κ1) is 15.0. The quantitative estimate of drug-likeness (QED) is 0.607. The van der Waals surface area contributed by atoms with E-state index in [2.05, 4.69) is 15.4 Å². The summed E-state index contributed by atoms with van der Waals surface area (Å²) in [6.07, 6.45) is 4.84. The van der Waals surface area contributed by atoms with Crippen molar-refractivity contribution < 1.29 is 14.2 Å². The van der Waals surface area contributed by atoms with Gasteiger partial charge in [-0.25, -0.2) is 15.4 Å². The number of methoxy groups -OCH3 is 3. The molecule has 2 aromatic rings. The number of hydrogen-bond acceptors (Lipinski definition) is 7. The van der Waals surface area contributed by atoms with E-state index in [1.54, 1.807) is 39.8 Å². The molecule has 0 aliphatic rings. The van der Waals surface area contributed by atoms with Crippen molar-refractivity contribution in [3.63, 3.8) is 0 Å². The van der Waals surface area contributed by atoms with Gasteiger partial charge >= 0.3 is 0 Å². The smallest absolute Gasteiger partial charge is 0.203 e. The first-order chi connectivity index (χ1) is 10.3. The maximum absolute atomic E-state index is 5.69. The van der Waals surface area contributed by atoms with Crippen LogP contribution in [0.25, 0.3) is 0 Å². The fourth-order valence-electron chi connectivity index (χ4n) is 2.18. The van der Waals surface area contributed by atoms with E-state index in [9.17, 15) is 0 Å². The topological polar surface area (TPSA) is 91.5 Å². The van der Waals surface area contributed by atoms with E-state index in [1.807, 2.05) is 6.07 Å². The Labute approximate surface area is 123 Å². The second-order valence-electron chi connectivity index (χ2n) is 4.20. The minimum absolute atomic E-state index is 0.332. The zero-order chi connectivity index (χ0) is 15.2. The highest BCUT2D eigenvalue weighted by atomic mass is 16.5. The Kier molecular flexibility index (Phi) is 4.91. The highest BCUT2D eigenvalue weighted by Crippen LogP contribution is 2.43. The summed E-state index contributed by atoms with van der Waals surface area (Å²) in [5.74, 6) is 7.32. The number of hydrogen-bond donors (Lipinski definition) is 2. The van der Waals surface area contributed by atoms with Gasteiger partial charge in [0, 0.05) is 23.5 Å².